The highest BCUT2D eigenvalue weighted by molar-refractivity contribution is 5.22. The van der Waals surface area contributed by atoms with Crippen molar-refractivity contribution in [1.82, 2.24) is 10.2 Å². The van der Waals surface area contributed by atoms with Gasteiger partial charge in [-0.2, -0.15) is 0 Å². The molecule has 1 aliphatic heterocycles. The molecule has 2 nitrogen and oxygen atoms in total. The van der Waals surface area contributed by atoms with Crippen LogP contribution < -0.4 is 5.32 Å². The van der Waals surface area contributed by atoms with E-state index >= 15 is 0 Å². The summed E-state index contributed by atoms with van der Waals surface area (Å²) in [7, 11) is 0. The molecule has 1 saturated carbocycles. The molecule has 1 unspecified atom stereocenters. The number of aryl methyl sites for hydroxylation is 1. The molecule has 0 bridgehead atoms. The monoisotopic (exact) mass is 258 g/mol. The Labute approximate surface area is 117 Å². The highest BCUT2D eigenvalue weighted by atomic mass is 15.2. The van der Waals surface area contributed by atoms with Gasteiger partial charge < -0.3 is 5.32 Å². The lowest BCUT2D eigenvalue weighted by Gasteiger charge is -2.25. The molecular formula is C17H26N2. The van der Waals surface area contributed by atoms with E-state index in [2.05, 4.69) is 41.4 Å². The van der Waals surface area contributed by atoms with Gasteiger partial charge in [-0.05, 0) is 49.8 Å². The molecule has 1 heterocycles. The highest BCUT2D eigenvalue weighted by Gasteiger charge is 2.31. The molecule has 1 aromatic carbocycles. The van der Waals surface area contributed by atoms with Gasteiger partial charge >= 0.3 is 0 Å². The molecule has 3 rings (SSSR count). The normalized spacial score (nSPS) is 23.2. The summed E-state index contributed by atoms with van der Waals surface area (Å²) in [4.78, 5) is 2.70. The van der Waals surface area contributed by atoms with Gasteiger partial charge in [0.05, 0.1) is 0 Å². The standard InChI is InChI=1S/C17H26N2/c1-2-14-5-7-15(8-6-14)12-19(17-9-10-17)13-16-4-3-11-18-16/h5-8,16-18H,2-4,9-13H2,1H3. The van der Waals surface area contributed by atoms with Crippen molar-refractivity contribution in [2.45, 2.75) is 57.7 Å². The van der Waals surface area contributed by atoms with Crippen LogP contribution in [0.25, 0.3) is 0 Å². The summed E-state index contributed by atoms with van der Waals surface area (Å²) in [6.45, 7) is 5.80. The quantitative estimate of drug-likeness (QED) is 0.844. The lowest BCUT2D eigenvalue weighted by Crippen LogP contribution is -2.38. The number of benzene rings is 1. The third kappa shape index (κ3) is 3.58. The van der Waals surface area contributed by atoms with E-state index in [-0.39, 0.29) is 0 Å². The molecule has 2 aliphatic rings. The van der Waals surface area contributed by atoms with E-state index in [1.807, 2.05) is 0 Å². The second-order valence-electron chi connectivity index (χ2n) is 6.12. The largest absolute Gasteiger partial charge is 0.313 e. The maximum atomic E-state index is 3.63. The Morgan fingerprint density at radius 1 is 1.11 bits per heavy atom. The fourth-order valence-electron chi connectivity index (χ4n) is 3.09. The summed E-state index contributed by atoms with van der Waals surface area (Å²) in [6.07, 6.45) is 6.66. The van der Waals surface area contributed by atoms with Gasteiger partial charge in [0, 0.05) is 25.2 Å². The molecule has 1 aliphatic carbocycles. The summed E-state index contributed by atoms with van der Waals surface area (Å²) in [5.41, 5.74) is 2.92. The van der Waals surface area contributed by atoms with E-state index in [1.165, 1.54) is 49.9 Å². The summed E-state index contributed by atoms with van der Waals surface area (Å²) in [6, 6.07) is 10.8. The lowest BCUT2D eigenvalue weighted by molar-refractivity contribution is 0.231. The van der Waals surface area contributed by atoms with Crippen molar-refractivity contribution >= 4 is 0 Å². The minimum atomic E-state index is 0.732. The Morgan fingerprint density at radius 3 is 2.42 bits per heavy atom. The first kappa shape index (κ1) is 13.1. The van der Waals surface area contributed by atoms with Gasteiger partial charge in [-0.15, -0.1) is 0 Å². The van der Waals surface area contributed by atoms with E-state index in [1.54, 1.807) is 0 Å². The number of rotatable bonds is 6. The number of hydrogen-bond donors (Lipinski definition) is 1. The van der Waals surface area contributed by atoms with Crippen molar-refractivity contribution < 1.29 is 0 Å². The minimum absolute atomic E-state index is 0.732. The van der Waals surface area contributed by atoms with Crippen LogP contribution in [-0.4, -0.2) is 30.1 Å². The van der Waals surface area contributed by atoms with Crippen LogP contribution in [0.1, 0.15) is 43.7 Å². The van der Waals surface area contributed by atoms with Crippen LogP contribution in [0.4, 0.5) is 0 Å². The fourth-order valence-corrected chi connectivity index (χ4v) is 3.09. The number of nitrogens with one attached hydrogen (secondary N) is 1. The van der Waals surface area contributed by atoms with Gasteiger partial charge in [-0.3, -0.25) is 4.90 Å². The van der Waals surface area contributed by atoms with Gasteiger partial charge in [0.2, 0.25) is 0 Å². The van der Waals surface area contributed by atoms with Crippen LogP contribution in [0.5, 0.6) is 0 Å². The average molecular weight is 258 g/mol. The van der Waals surface area contributed by atoms with Gasteiger partial charge in [-0.25, -0.2) is 0 Å². The first-order valence-electron chi connectivity index (χ1n) is 7.90. The molecule has 0 spiro atoms. The topological polar surface area (TPSA) is 15.3 Å². The molecular weight excluding hydrogens is 232 g/mol. The Hall–Kier alpha value is -0.860. The molecule has 1 atom stereocenters. The zero-order chi connectivity index (χ0) is 13.1. The van der Waals surface area contributed by atoms with Crippen LogP contribution in [-0.2, 0) is 13.0 Å². The van der Waals surface area contributed by atoms with E-state index in [0.29, 0.717) is 0 Å². The third-order valence-electron chi connectivity index (χ3n) is 4.50. The first-order chi connectivity index (χ1) is 9.35. The van der Waals surface area contributed by atoms with Crippen molar-refractivity contribution in [2.24, 2.45) is 0 Å². The summed E-state index contributed by atoms with van der Waals surface area (Å²) < 4.78 is 0. The van der Waals surface area contributed by atoms with Crippen LogP contribution >= 0.6 is 0 Å². The van der Waals surface area contributed by atoms with E-state index in [9.17, 15) is 0 Å². The summed E-state index contributed by atoms with van der Waals surface area (Å²) in [5, 5.41) is 3.63. The van der Waals surface area contributed by atoms with E-state index in [4.69, 9.17) is 0 Å². The predicted octanol–water partition coefficient (Wildman–Crippen LogP) is 2.97. The Bertz CT molecular complexity index is 388. The van der Waals surface area contributed by atoms with Crippen molar-refractivity contribution in [3.63, 3.8) is 0 Å². The lowest BCUT2D eigenvalue weighted by atomic mass is 10.1. The summed E-state index contributed by atoms with van der Waals surface area (Å²) in [5.74, 6) is 0. The Balaban J connectivity index is 1.59. The molecule has 1 saturated heterocycles. The Kier molecular flexibility index (Phi) is 4.19. The first-order valence-corrected chi connectivity index (χ1v) is 7.90. The van der Waals surface area contributed by atoms with Crippen LogP contribution in [0.15, 0.2) is 24.3 Å². The fraction of sp³-hybridized carbons (Fsp3) is 0.647. The van der Waals surface area contributed by atoms with Crippen molar-refractivity contribution in [3.8, 4) is 0 Å². The van der Waals surface area contributed by atoms with Crippen LogP contribution in [0, 0.1) is 0 Å². The number of nitrogens with zero attached hydrogens (tertiary/aromatic N) is 1. The molecule has 2 fully saturated rings. The molecule has 0 amide bonds. The van der Waals surface area contributed by atoms with Gasteiger partial charge in [0.15, 0.2) is 0 Å². The van der Waals surface area contributed by atoms with Crippen molar-refractivity contribution in [1.29, 1.82) is 0 Å². The maximum Gasteiger partial charge on any atom is 0.0237 e. The van der Waals surface area contributed by atoms with E-state index < -0.39 is 0 Å². The van der Waals surface area contributed by atoms with Crippen molar-refractivity contribution in [2.75, 3.05) is 13.1 Å². The second-order valence-corrected chi connectivity index (χ2v) is 6.12. The third-order valence-corrected chi connectivity index (χ3v) is 4.50. The molecule has 1 N–H and O–H groups in total. The van der Waals surface area contributed by atoms with Gasteiger partial charge in [-0.1, -0.05) is 31.2 Å². The molecule has 2 heteroatoms. The van der Waals surface area contributed by atoms with Crippen LogP contribution in [0.3, 0.4) is 0 Å². The van der Waals surface area contributed by atoms with Crippen molar-refractivity contribution in [3.05, 3.63) is 35.4 Å². The molecule has 1 aromatic rings. The van der Waals surface area contributed by atoms with Gasteiger partial charge in [0.1, 0.15) is 0 Å². The summed E-state index contributed by atoms with van der Waals surface area (Å²) >= 11 is 0. The zero-order valence-corrected chi connectivity index (χ0v) is 12.1. The zero-order valence-electron chi connectivity index (χ0n) is 12.1. The molecule has 0 radical (unpaired) electrons. The Morgan fingerprint density at radius 2 is 1.84 bits per heavy atom. The SMILES string of the molecule is CCc1ccc(CN(CC2CCCN2)C2CC2)cc1. The molecule has 19 heavy (non-hydrogen) atoms. The van der Waals surface area contributed by atoms with Gasteiger partial charge in [0.25, 0.3) is 0 Å². The molecule has 0 aromatic heterocycles. The predicted molar refractivity (Wildman–Crippen MR) is 80.3 cm³/mol. The maximum absolute atomic E-state index is 3.63. The molecule has 104 valence electrons. The minimum Gasteiger partial charge on any atom is -0.313 e. The smallest absolute Gasteiger partial charge is 0.0237 e. The van der Waals surface area contributed by atoms with E-state index in [0.717, 1.165) is 25.0 Å². The average Bonchev–Trinajstić information content (AvgIpc) is 3.17. The number of hydrogen-bond acceptors (Lipinski definition) is 2. The van der Waals surface area contributed by atoms with Crippen LogP contribution in [0.2, 0.25) is 0 Å². The highest BCUT2D eigenvalue weighted by Crippen LogP contribution is 2.29. The second kappa shape index (κ2) is 6.06.